The van der Waals surface area contributed by atoms with Crippen LogP contribution in [0.4, 0.5) is 0 Å². The van der Waals surface area contributed by atoms with Crippen molar-refractivity contribution in [2.24, 2.45) is 5.92 Å². The minimum atomic E-state index is -1.35. The number of hydrogen-bond acceptors (Lipinski definition) is 6. The van der Waals surface area contributed by atoms with Gasteiger partial charge in [0.1, 0.15) is 5.72 Å². The van der Waals surface area contributed by atoms with Gasteiger partial charge in [-0.1, -0.05) is 0 Å². The molecule has 3 aliphatic rings. The van der Waals surface area contributed by atoms with Gasteiger partial charge in [-0.3, -0.25) is 14.5 Å². The summed E-state index contributed by atoms with van der Waals surface area (Å²) in [6, 6.07) is 1.90. The predicted molar refractivity (Wildman–Crippen MR) is 80.9 cm³/mol. The Morgan fingerprint density at radius 3 is 2.48 bits per heavy atom. The maximum Gasteiger partial charge on any atom is 0.292 e. The van der Waals surface area contributed by atoms with E-state index in [-0.39, 0.29) is 24.2 Å². The second-order valence-electron chi connectivity index (χ2n) is 6.84. The lowest BCUT2D eigenvalue weighted by atomic mass is 9.97. The molecule has 1 aliphatic carbocycles. The highest BCUT2D eigenvalue weighted by Gasteiger charge is 2.53. The van der Waals surface area contributed by atoms with Crippen LogP contribution in [0, 0.1) is 5.92 Å². The molecule has 0 N–H and O–H groups in total. The van der Waals surface area contributed by atoms with E-state index >= 15 is 0 Å². The zero-order chi connectivity index (χ0) is 17.6. The number of hydrogen-bond donors (Lipinski definition) is 0. The number of ether oxygens (including phenoxy) is 1. The molecule has 1 saturated carbocycles. The third kappa shape index (κ3) is 2.70. The maximum atomic E-state index is 12.8. The minimum Gasteiger partial charge on any atom is -0.548 e. The molecule has 0 unspecified atom stereocenters. The first kappa shape index (κ1) is 16.1. The molecular formula is C17H19N2O6-. The van der Waals surface area contributed by atoms with E-state index in [0.29, 0.717) is 25.9 Å². The molecule has 1 spiro atoms. The number of rotatable bonds is 3. The summed E-state index contributed by atoms with van der Waals surface area (Å²) in [5, 5.41) is 11.5. The van der Waals surface area contributed by atoms with Crippen molar-refractivity contribution in [3.05, 3.63) is 24.2 Å². The van der Waals surface area contributed by atoms with Crippen molar-refractivity contribution in [3.8, 4) is 0 Å². The quantitative estimate of drug-likeness (QED) is 0.737. The summed E-state index contributed by atoms with van der Waals surface area (Å²) in [5.74, 6) is -1.54. The van der Waals surface area contributed by atoms with E-state index in [0.717, 1.165) is 12.8 Å². The second kappa shape index (κ2) is 5.87. The van der Waals surface area contributed by atoms with Gasteiger partial charge in [0.15, 0.2) is 5.76 Å². The van der Waals surface area contributed by atoms with Crippen molar-refractivity contribution >= 4 is 17.8 Å². The number of carbonyl (C=O) groups is 3. The first-order valence-electron chi connectivity index (χ1n) is 8.53. The van der Waals surface area contributed by atoms with Gasteiger partial charge in [0.25, 0.3) is 5.91 Å². The van der Waals surface area contributed by atoms with Gasteiger partial charge in [0.2, 0.25) is 5.91 Å². The minimum absolute atomic E-state index is 0.0626. The van der Waals surface area contributed by atoms with E-state index in [1.54, 1.807) is 11.0 Å². The molecule has 2 amide bonds. The third-order valence-corrected chi connectivity index (χ3v) is 5.27. The highest BCUT2D eigenvalue weighted by Crippen LogP contribution is 2.40. The molecule has 0 bridgehead atoms. The Kier molecular flexibility index (Phi) is 3.79. The van der Waals surface area contributed by atoms with Crippen LogP contribution in [-0.4, -0.2) is 59.0 Å². The van der Waals surface area contributed by atoms with Gasteiger partial charge in [-0.25, -0.2) is 0 Å². The summed E-state index contributed by atoms with van der Waals surface area (Å²) in [7, 11) is 0. The molecule has 0 radical (unpaired) electrons. The van der Waals surface area contributed by atoms with Gasteiger partial charge >= 0.3 is 0 Å². The lowest BCUT2D eigenvalue weighted by molar-refractivity contribution is -0.310. The summed E-state index contributed by atoms with van der Waals surface area (Å²) >= 11 is 0. The molecule has 8 heteroatoms. The van der Waals surface area contributed by atoms with Crippen LogP contribution in [-0.2, 0) is 14.3 Å². The van der Waals surface area contributed by atoms with E-state index < -0.39 is 23.6 Å². The van der Waals surface area contributed by atoms with E-state index in [9.17, 15) is 19.5 Å². The molecule has 2 aliphatic heterocycles. The van der Waals surface area contributed by atoms with Crippen molar-refractivity contribution in [2.45, 2.75) is 37.5 Å². The molecule has 0 aromatic carbocycles. The van der Waals surface area contributed by atoms with Crippen LogP contribution in [0.25, 0.3) is 0 Å². The molecule has 3 fully saturated rings. The molecule has 25 heavy (non-hydrogen) atoms. The molecule has 3 heterocycles. The van der Waals surface area contributed by atoms with Crippen molar-refractivity contribution in [1.29, 1.82) is 0 Å². The molecular weight excluding hydrogens is 328 g/mol. The van der Waals surface area contributed by atoms with Gasteiger partial charge < -0.3 is 24.0 Å². The van der Waals surface area contributed by atoms with Crippen LogP contribution in [0.5, 0.6) is 0 Å². The number of piperidine rings is 1. The van der Waals surface area contributed by atoms with Crippen LogP contribution in [0.2, 0.25) is 0 Å². The van der Waals surface area contributed by atoms with Gasteiger partial charge in [-0.15, -0.1) is 0 Å². The lowest BCUT2D eigenvalue weighted by Crippen LogP contribution is -2.60. The van der Waals surface area contributed by atoms with Crippen LogP contribution in [0.15, 0.2) is 22.8 Å². The number of furan rings is 1. The van der Waals surface area contributed by atoms with Crippen LogP contribution < -0.4 is 5.11 Å². The summed E-state index contributed by atoms with van der Waals surface area (Å²) in [6.07, 6.45) is 3.99. The first-order valence-corrected chi connectivity index (χ1v) is 8.53. The number of amides is 2. The number of likely N-dealkylation sites (tertiary alicyclic amines) is 1. The smallest absolute Gasteiger partial charge is 0.292 e. The van der Waals surface area contributed by atoms with E-state index in [1.165, 1.54) is 17.2 Å². The number of carboxylic acids is 1. The van der Waals surface area contributed by atoms with Crippen molar-refractivity contribution in [3.63, 3.8) is 0 Å². The maximum absolute atomic E-state index is 12.8. The van der Waals surface area contributed by atoms with E-state index in [2.05, 4.69) is 0 Å². The fraction of sp³-hybridized carbons (Fsp3) is 0.588. The Labute approximate surface area is 144 Å². The Bertz CT molecular complexity index is 688. The number of carbonyl (C=O) groups excluding carboxylic acids is 3. The Hall–Kier alpha value is -2.35. The molecule has 134 valence electrons. The highest BCUT2D eigenvalue weighted by atomic mass is 16.5. The molecule has 8 nitrogen and oxygen atoms in total. The lowest BCUT2D eigenvalue weighted by Gasteiger charge is -2.44. The standard InChI is InChI=1S/C17H20N2O6/c20-14(11-3-4-11)18-7-5-17(6-8-18)19(12(10-25-17)16(22)23)15(21)13-2-1-9-24-13/h1-2,9,11-12H,3-8,10H2,(H,22,23)/p-1/t12-/m1/s1. The number of carboxylic acid groups (broad SMARTS) is 1. The fourth-order valence-electron chi connectivity index (χ4n) is 3.73. The van der Waals surface area contributed by atoms with Crippen molar-refractivity contribution in [1.82, 2.24) is 9.80 Å². The van der Waals surface area contributed by atoms with Crippen LogP contribution in [0.1, 0.15) is 36.2 Å². The number of aliphatic carboxylic acids is 1. The molecule has 2 saturated heterocycles. The van der Waals surface area contributed by atoms with Crippen molar-refractivity contribution in [2.75, 3.05) is 19.7 Å². The van der Waals surface area contributed by atoms with Gasteiger partial charge in [-0.05, 0) is 25.0 Å². The molecule has 1 atom stereocenters. The normalized spacial score (nSPS) is 25.4. The zero-order valence-corrected chi connectivity index (χ0v) is 13.7. The summed E-state index contributed by atoms with van der Waals surface area (Å²) in [4.78, 5) is 39.6. The zero-order valence-electron chi connectivity index (χ0n) is 13.7. The summed E-state index contributed by atoms with van der Waals surface area (Å²) in [6.45, 7) is 0.763. The monoisotopic (exact) mass is 347 g/mol. The highest BCUT2D eigenvalue weighted by molar-refractivity contribution is 5.95. The molecule has 4 rings (SSSR count). The summed E-state index contributed by atoms with van der Waals surface area (Å²) in [5.41, 5.74) is -1.03. The fourth-order valence-corrected chi connectivity index (χ4v) is 3.73. The summed E-state index contributed by atoms with van der Waals surface area (Å²) < 4.78 is 10.9. The average Bonchev–Trinajstić information content (AvgIpc) is 3.18. The second-order valence-corrected chi connectivity index (χ2v) is 6.84. The molecule has 1 aromatic heterocycles. The topological polar surface area (TPSA) is 103 Å². The Balaban J connectivity index is 1.56. The van der Waals surface area contributed by atoms with Crippen LogP contribution >= 0.6 is 0 Å². The molecule has 1 aromatic rings. The Morgan fingerprint density at radius 2 is 1.92 bits per heavy atom. The third-order valence-electron chi connectivity index (χ3n) is 5.27. The van der Waals surface area contributed by atoms with Gasteiger partial charge in [0.05, 0.1) is 24.9 Å². The van der Waals surface area contributed by atoms with Gasteiger partial charge in [-0.2, -0.15) is 0 Å². The van der Waals surface area contributed by atoms with Gasteiger partial charge in [0, 0.05) is 31.8 Å². The van der Waals surface area contributed by atoms with Crippen molar-refractivity contribution < 1.29 is 28.6 Å². The van der Waals surface area contributed by atoms with E-state index in [4.69, 9.17) is 9.15 Å². The predicted octanol–water partition coefficient (Wildman–Crippen LogP) is -0.401. The SMILES string of the molecule is O=C([O-])[C@H]1COC2(CCN(C(=O)C3CC3)CC2)N1C(=O)c1ccco1. The number of nitrogens with zero attached hydrogens (tertiary/aromatic N) is 2. The largest absolute Gasteiger partial charge is 0.548 e. The first-order chi connectivity index (χ1) is 12.0. The van der Waals surface area contributed by atoms with Crippen LogP contribution in [0.3, 0.4) is 0 Å². The van der Waals surface area contributed by atoms with E-state index in [1.807, 2.05) is 0 Å². The Morgan fingerprint density at radius 1 is 1.20 bits per heavy atom. The average molecular weight is 347 g/mol.